The number of rotatable bonds is 7. The van der Waals surface area contributed by atoms with E-state index in [0.717, 1.165) is 11.3 Å². The van der Waals surface area contributed by atoms with Gasteiger partial charge in [-0.1, -0.05) is 30.1 Å². The molecule has 0 saturated carbocycles. The molecule has 5 nitrogen and oxygen atoms in total. The molecular weight excluding hydrogens is 397 g/mol. The fraction of sp³-hybridized carbons (Fsp3) is 0.333. The van der Waals surface area contributed by atoms with E-state index in [1.165, 1.54) is 17.4 Å². The van der Waals surface area contributed by atoms with Gasteiger partial charge in [0, 0.05) is 9.90 Å². The van der Waals surface area contributed by atoms with E-state index in [-0.39, 0.29) is 6.61 Å². The van der Waals surface area contributed by atoms with E-state index in [1.807, 2.05) is 6.92 Å². The molecular formula is C18H19Cl2NO4S. The number of ether oxygens (including phenoxy) is 2. The van der Waals surface area contributed by atoms with Crippen molar-refractivity contribution >= 4 is 51.4 Å². The average Bonchev–Trinajstić information content (AvgIpc) is 3.00. The number of nitrogens with one attached hydrogen (secondary N) is 1. The number of carbonyl (C=O) groups is 2. The van der Waals surface area contributed by atoms with Crippen LogP contribution >= 0.6 is 34.5 Å². The van der Waals surface area contributed by atoms with Gasteiger partial charge in [-0.2, -0.15) is 0 Å². The molecule has 1 heterocycles. The molecule has 0 aliphatic rings. The fourth-order valence-electron chi connectivity index (χ4n) is 2.10. The van der Waals surface area contributed by atoms with E-state index in [2.05, 4.69) is 5.32 Å². The Labute approximate surface area is 166 Å². The van der Waals surface area contributed by atoms with Crippen LogP contribution in [0.15, 0.2) is 24.3 Å². The minimum absolute atomic E-state index is 0.262. The molecule has 0 bridgehead atoms. The van der Waals surface area contributed by atoms with E-state index in [1.54, 1.807) is 32.0 Å². The number of amides is 1. The van der Waals surface area contributed by atoms with Crippen molar-refractivity contribution in [3.63, 3.8) is 0 Å². The van der Waals surface area contributed by atoms with Gasteiger partial charge in [-0.15, -0.1) is 11.3 Å². The smallest absolute Gasteiger partial charge is 0.341 e. The summed E-state index contributed by atoms with van der Waals surface area (Å²) in [7, 11) is 0. The van der Waals surface area contributed by atoms with E-state index in [9.17, 15) is 9.59 Å². The lowest BCUT2D eigenvalue weighted by Crippen LogP contribution is -2.30. The molecule has 0 saturated heterocycles. The van der Waals surface area contributed by atoms with Gasteiger partial charge in [0.1, 0.15) is 10.8 Å². The quantitative estimate of drug-likeness (QED) is 0.630. The SMILES string of the molecule is CCOC(=O)c1cc(CC)sc1NC(=O)C(C)Oc1ccc(Cl)cc1Cl. The lowest BCUT2D eigenvalue weighted by molar-refractivity contribution is -0.122. The van der Waals surface area contributed by atoms with Gasteiger partial charge in [-0.25, -0.2) is 4.79 Å². The zero-order valence-corrected chi connectivity index (χ0v) is 16.9. The summed E-state index contributed by atoms with van der Waals surface area (Å²) in [5.74, 6) is -0.510. The third kappa shape index (κ3) is 5.13. The summed E-state index contributed by atoms with van der Waals surface area (Å²) in [4.78, 5) is 25.5. The lowest BCUT2D eigenvalue weighted by atomic mass is 10.2. The van der Waals surface area contributed by atoms with Crippen LogP contribution < -0.4 is 10.1 Å². The molecule has 1 amide bonds. The van der Waals surface area contributed by atoms with Crippen molar-refractivity contribution in [2.45, 2.75) is 33.3 Å². The molecule has 2 aromatic rings. The highest BCUT2D eigenvalue weighted by Gasteiger charge is 2.22. The summed E-state index contributed by atoms with van der Waals surface area (Å²) in [6.07, 6.45) is -0.0739. The molecule has 2 rings (SSSR count). The maximum Gasteiger partial charge on any atom is 0.341 e. The van der Waals surface area contributed by atoms with Crippen molar-refractivity contribution in [3.05, 3.63) is 44.8 Å². The van der Waals surface area contributed by atoms with Crippen LogP contribution in [0.3, 0.4) is 0 Å². The van der Waals surface area contributed by atoms with Gasteiger partial charge in [0.25, 0.3) is 5.91 Å². The molecule has 1 aromatic heterocycles. The topological polar surface area (TPSA) is 64.6 Å². The Morgan fingerprint density at radius 1 is 1.23 bits per heavy atom. The number of thiophene rings is 1. The van der Waals surface area contributed by atoms with Gasteiger partial charge < -0.3 is 14.8 Å². The van der Waals surface area contributed by atoms with Crippen molar-refractivity contribution in [2.75, 3.05) is 11.9 Å². The predicted octanol–water partition coefficient (Wildman–Crippen LogP) is 5.20. The first kappa shape index (κ1) is 20.6. The van der Waals surface area contributed by atoms with Crippen LogP contribution in [0.4, 0.5) is 5.00 Å². The Balaban J connectivity index is 2.13. The molecule has 26 heavy (non-hydrogen) atoms. The second-order valence-corrected chi connectivity index (χ2v) is 7.33. The van der Waals surface area contributed by atoms with Crippen LogP contribution in [0.25, 0.3) is 0 Å². The van der Waals surface area contributed by atoms with Gasteiger partial charge in [-0.05, 0) is 44.5 Å². The third-order valence-corrected chi connectivity index (χ3v) is 5.16. The predicted molar refractivity (Wildman–Crippen MR) is 105 cm³/mol. The molecule has 1 N–H and O–H groups in total. The van der Waals surface area contributed by atoms with E-state index in [0.29, 0.717) is 26.4 Å². The van der Waals surface area contributed by atoms with Crippen LogP contribution in [0.5, 0.6) is 5.75 Å². The first-order chi connectivity index (χ1) is 12.3. The Bertz CT molecular complexity index is 806. The number of benzene rings is 1. The second-order valence-electron chi connectivity index (χ2n) is 5.35. The standard InChI is InChI=1S/C18H19Cl2NO4S/c1-4-12-9-13(18(23)24-5-2)17(26-12)21-16(22)10(3)25-15-7-6-11(19)8-14(15)20/h6-10H,4-5H2,1-3H3,(H,21,22). The highest BCUT2D eigenvalue weighted by molar-refractivity contribution is 7.16. The normalized spacial score (nSPS) is 11.7. The molecule has 1 unspecified atom stereocenters. The summed E-state index contributed by atoms with van der Waals surface area (Å²) in [5, 5.41) is 3.98. The van der Waals surface area contributed by atoms with Gasteiger partial charge in [0.2, 0.25) is 0 Å². The number of halogens is 2. The van der Waals surface area contributed by atoms with Crippen molar-refractivity contribution < 1.29 is 19.1 Å². The minimum atomic E-state index is -0.823. The Hall–Kier alpha value is -1.76. The van der Waals surface area contributed by atoms with E-state index >= 15 is 0 Å². The molecule has 8 heteroatoms. The van der Waals surface area contributed by atoms with Gasteiger partial charge >= 0.3 is 5.97 Å². The first-order valence-corrected chi connectivity index (χ1v) is 9.65. The number of carbonyl (C=O) groups excluding carboxylic acids is 2. The lowest BCUT2D eigenvalue weighted by Gasteiger charge is -2.15. The molecule has 0 aliphatic carbocycles. The van der Waals surface area contributed by atoms with Gasteiger partial charge in [0.05, 0.1) is 17.2 Å². The molecule has 0 spiro atoms. The van der Waals surface area contributed by atoms with Crippen LogP contribution in [0, 0.1) is 0 Å². The Morgan fingerprint density at radius 2 is 1.96 bits per heavy atom. The maximum atomic E-state index is 12.5. The third-order valence-electron chi connectivity index (χ3n) is 3.43. The van der Waals surface area contributed by atoms with Crippen LogP contribution in [0.1, 0.15) is 36.0 Å². The van der Waals surface area contributed by atoms with Crippen LogP contribution in [-0.2, 0) is 16.0 Å². The summed E-state index contributed by atoms with van der Waals surface area (Å²) < 4.78 is 10.6. The van der Waals surface area contributed by atoms with Crippen molar-refractivity contribution in [1.29, 1.82) is 0 Å². The highest BCUT2D eigenvalue weighted by atomic mass is 35.5. The molecule has 1 atom stereocenters. The van der Waals surface area contributed by atoms with Crippen molar-refractivity contribution in [2.24, 2.45) is 0 Å². The summed E-state index contributed by atoms with van der Waals surface area (Å²) in [6.45, 7) is 5.56. The monoisotopic (exact) mass is 415 g/mol. The van der Waals surface area contributed by atoms with Crippen molar-refractivity contribution in [3.8, 4) is 5.75 Å². The zero-order valence-electron chi connectivity index (χ0n) is 14.6. The maximum absolute atomic E-state index is 12.5. The molecule has 0 fully saturated rings. The fourth-order valence-corrected chi connectivity index (χ4v) is 3.54. The highest BCUT2D eigenvalue weighted by Crippen LogP contribution is 2.31. The number of hydrogen-bond acceptors (Lipinski definition) is 5. The van der Waals surface area contributed by atoms with Gasteiger partial charge in [0.15, 0.2) is 6.10 Å². The first-order valence-electron chi connectivity index (χ1n) is 8.08. The molecule has 140 valence electrons. The largest absolute Gasteiger partial charge is 0.479 e. The molecule has 0 radical (unpaired) electrons. The number of esters is 1. The zero-order chi connectivity index (χ0) is 19.3. The summed E-state index contributed by atoms with van der Waals surface area (Å²) in [5.41, 5.74) is 0.346. The Morgan fingerprint density at radius 3 is 2.58 bits per heavy atom. The number of aryl methyl sites for hydroxylation is 1. The Kier molecular flexibility index (Phi) is 7.32. The second kappa shape index (κ2) is 9.26. The summed E-state index contributed by atoms with van der Waals surface area (Å²) in [6, 6.07) is 6.49. The van der Waals surface area contributed by atoms with Crippen LogP contribution in [0.2, 0.25) is 10.0 Å². The number of hydrogen-bond donors (Lipinski definition) is 1. The van der Waals surface area contributed by atoms with Crippen LogP contribution in [-0.4, -0.2) is 24.6 Å². The summed E-state index contributed by atoms with van der Waals surface area (Å²) >= 11 is 13.3. The van der Waals surface area contributed by atoms with Gasteiger partial charge in [-0.3, -0.25) is 4.79 Å². The molecule has 0 aliphatic heterocycles. The molecule has 1 aromatic carbocycles. The average molecular weight is 416 g/mol. The number of anilines is 1. The minimum Gasteiger partial charge on any atom is -0.479 e. The van der Waals surface area contributed by atoms with Crippen molar-refractivity contribution in [1.82, 2.24) is 0 Å². The van der Waals surface area contributed by atoms with E-state index < -0.39 is 18.0 Å². The van der Waals surface area contributed by atoms with E-state index in [4.69, 9.17) is 32.7 Å².